The predicted octanol–water partition coefficient (Wildman–Crippen LogP) is 4.59. The second-order valence-corrected chi connectivity index (χ2v) is 13.0. The van der Waals surface area contributed by atoms with Crippen LogP contribution in [0.4, 0.5) is 10.7 Å². The predicted molar refractivity (Wildman–Crippen MR) is 136 cm³/mol. The highest BCUT2D eigenvalue weighted by Crippen LogP contribution is 2.59. The molecule has 0 aromatic carbocycles. The number of aromatic nitrogens is 4. The van der Waals surface area contributed by atoms with E-state index in [9.17, 15) is 14.7 Å². The highest BCUT2D eigenvalue weighted by Gasteiger charge is 2.55. The number of carboxylic acid groups (broad SMARTS) is 1. The first-order chi connectivity index (χ1) is 18.3. The number of primary amides is 1. The summed E-state index contributed by atoms with van der Waals surface area (Å²) in [6.45, 7) is 0.400. The Morgan fingerprint density at radius 1 is 0.947 bits per heavy atom. The van der Waals surface area contributed by atoms with E-state index < -0.39 is 6.09 Å². The van der Waals surface area contributed by atoms with E-state index >= 15 is 0 Å². The van der Waals surface area contributed by atoms with Crippen LogP contribution < -0.4 is 10.6 Å². The van der Waals surface area contributed by atoms with Gasteiger partial charge in [-0.15, -0.1) is 0 Å². The van der Waals surface area contributed by atoms with Crippen molar-refractivity contribution in [3.05, 3.63) is 29.7 Å². The van der Waals surface area contributed by atoms with Gasteiger partial charge in [0.25, 0.3) is 0 Å². The summed E-state index contributed by atoms with van der Waals surface area (Å²) in [5, 5.41) is 14.5. The molecular formula is C28H36N6O4. The van der Waals surface area contributed by atoms with Crippen molar-refractivity contribution in [2.45, 2.75) is 107 Å². The molecule has 0 radical (unpaired) electrons. The van der Waals surface area contributed by atoms with Gasteiger partial charge in [0.15, 0.2) is 5.82 Å². The van der Waals surface area contributed by atoms with Crippen LogP contribution in [0.3, 0.4) is 0 Å². The van der Waals surface area contributed by atoms with Crippen molar-refractivity contribution in [1.82, 2.24) is 20.1 Å². The van der Waals surface area contributed by atoms with Gasteiger partial charge in [0, 0.05) is 34.9 Å². The number of nitrogens with two attached hydrogens (primary N) is 1. The Labute approximate surface area is 221 Å². The van der Waals surface area contributed by atoms with Gasteiger partial charge in [-0.25, -0.2) is 19.7 Å². The highest BCUT2D eigenvalue weighted by atomic mass is 16.5. The van der Waals surface area contributed by atoms with E-state index in [4.69, 9.17) is 20.2 Å². The third-order valence-corrected chi connectivity index (χ3v) is 11.2. The number of carbonyl (C=O) groups excluding carboxylic acids is 1. The van der Waals surface area contributed by atoms with Crippen molar-refractivity contribution in [3.63, 3.8) is 0 Å². The number of hydrogen-bond donors (Lipinski definition) is 2. The van der Waals surface area contributed by atoms with Crippen LogP contribution in [-0.4, -0.2) is 43.8 Å². The molecule has 2 aromatic heterocycles. The molecule has 0 atom stereocenters. The molecule has 10 heteroatoms. The van der Waals surface area contributed by atoms with Crippen molar-refractivity contribution in [1.29, 1.82) is 0 Å². The second kappa shape index (κ2) is 8.23. The molecule has 38 heavy (non-hydrogen) atoms. The van der Waals surface area contributed by atoms with Gasteiger partial charge in [-0.05, 0) is 101 Å². The van der Waals surface area contributed by atoms with E-state index in [0.29, 0.717) is 12.5 Å². The lowest BCUT2D eigenvalue weighted by Gasteiger charge is -2.52. The molecule has 2 amide bonds. The number of hydrogen-bond acceptors (Lipinski definition) is 7. The van der Waals surface area contributed by atoms with Crippen LogP contribution in [0.2, 0.25) is 0 Å². The lowest BCUT2D eigenvalue weighted by atomic mass is 9.52. The number of carbonyl (C=O) groups is 2. The number of fused-ring (bicyclic) bond motifs is 6. The smallest absolute Gasteiger partial charge is 0.414 e. The van der Waals surface area contributed by atoms with Gasteiger partial charge in [-0.2, -0.15) is 4.98 Å². The average molecular weight is 521 g/mol. The highest BCUT2D eigenvalue weighted by molar-refractivity contribution is 5.83. The lowest BCUT2D eigenvalue weighted by molar-refractivity contribution is -0.134. The number of nitrogens with zero attached hydrogens (tertiary/aromatic N) is 5. The molecule has 2 heterocycles. The topological polar surface area (TPSA) is 148 Å². The molecule has 7 aliphatic carbocycles. The van der Waals surface area contributed by atoms with Crippen LogP contribution in [0, 0.1) is 10.8 Å². The van der Waals surface area contributed by atoms with Gasteiger partial charge in [0.1, 0.15) is 0 Å². The molecule has 0 spiro atoms. The van der Waals surface area contributed by atoms with Gasteiger partial charge in [-0.3, -0.25) is 4.79 Å². The molecule has 7 saturated carbocycles. The SMILES string of the molecule is NC(=O)C12CCC(c3ccnc(N(CC45CCC(c6nc(C7CC7)no6)(CC4)CC5)C(=O)O)n3)(CC1)CC2. The fourth-order valence-corrected chi connectivity index (χ4v) is 8.05. The number of rotatable bonds is 7. The van der Waals surface area contributed by atoms with E-state index in [1.165, 1.54) is 4.90 Å². The quantitative estimate of drug-likeness (QED) is 0.538. The normalized spacial score (nSPS) is 35.8. The Hall–Kier alpha value is -3.04. The van der Waals surface area contributed by atoms with Crippen LogP contribution >= 0.6 is 0 Å². The standard InChI is InChI=1S/C28H36N6O4/c29-21(35)27-13-10-26(11-14-27,12-15-27)19-3-16-30-23(31-19)34(24(36)37)17-25-4-7-28(8-5-25,9-6-25)22-32-20(33-38-22)18-1-2-18/h3,16,18H,1-2,4-15,17H2,(H2,29,35)(H,36,37). The van der Waals surface area contributed by atoms with Gasteiger partial charge >= 0.3 is 6.09 Å². The second-order valence-electron chi connectivity index (χ2n) is 13.0. The van der Waals surface area contributed by atoms with Crippen LogP contribution in [0.15, 0.2) is 16.8 Å². The summed E-state index contributed by atoms with van der Waals surface area (Å²) in [5.74, 6) is 2.21. The molecule has 9 rings (SSSR count). The zero-order chi connectivity index (χ0) is 26.2. The van der Waals surface area contributed by atoms with E-state index in [1.54, 1.807) is 6.20 Å². The molecule has 7 fully saturated rings. The summed E-state index contributed by atoms with van der Waals surface area (Å²) in [6, 6.07) is 1.93. The lowest BCUT2D eigenvalue weighted by Crippen LogP contribution is -2.51. The zero-order valence-corrected chi connectivity index (χ0v) is 21.8. The summed E-state index contributed by atoms with van der Waals surface area (Å²) in [7, 11) is 0. The zero-order valence-electron chi connectivity index (χ0n) is 21.8. The first kappa shape index (κ1) is 24.0. The Kier molecular flexibility index (Phi) is 5.20. The Morgan fingerprint density at radius 3 is 2.16 bits per heavy atom. The van der Waals surface area contributed by atoms with Crippen molar-refractivity contribution in [3.8, 4) is 0 Å². The van der Waals surface area contributed by atoms with E-state index in [0.717, 1.165) is 107 Å². The van der Waals surface area contributed by atoms with Crippen LogP contribution in [0.25, 0.3) is 0 Å². The number of anilines is 1. The van der Waals surface area contributed by atoms with Crippen LogP contribution in [-0.2, 0) is 15.6 Å². The fraction of sp³-hybridized carbons (Fsp3) is 0.714. The summed E-state index contributed by atoms with van der Waals surface area (Å²) in [4.78, 5) is 40.1. The third-order valence-electron chi connectivity index (χ3n) is 11.2. The van der Waals surface area contributed by atoms with Crippen molar-refractivity contribution in [2.24, 2.45) is 16.6 Å². The van der Waals surface area contributed by atoms with E-state index in [-0.39, 0.29) is 33.5 Å². The van der Waals surface area contributed by atoms with E-state index in [2.05, 4.69) is 10.1 Å². The van der Waals surface area contributed by atoms with Gasteiger partial charge in [-0.1, -0.05) is 5.16 Å². The van der Waals surface area contributed by atoms with Crippen molar-refractivity contribution < 1.29 is 19.2 Å². The molecule has 2 aromatic rings. The molecule has 0 saturated heterocycles. The van der Waals surface area contributed by atoms with Gasteiger partial charge in [0.05, 0.1) is 5.69 Å². The van der Waals surface area contributed by atoms with Crippen LogP contribution in [0.1, 0.15) is 113 Å². The summed E-state index contributed by atoms with van der Waals surface area (Å²) < 4.78 is 5.75. The van der Waals surface area contributed by atoms with Crippen LogP contribution in [0.5, 0.6) is 0 Å². The van der Waals surface area contributed by atoms with E-state index in [1.807, 2.05) is 6.07 Å². The molecule has 10 nitrogen and oxygen atoms in total. The maximum atomic E-state index is 12.5. The van der Waals surface area contributed by atoms with Gasteiger partial charge < -0.3 is 15.4 Å². The Bertz CT molecular complexity index is 1240. The van der Waals surface area contributed by atoms with Crippen molar-refractivity contribution >= 4 is 17.9 Å². The molecule has 4 bridgehead atoms. The largest absolute Gasteiger partial charge is 0.465 e. The van der Waals surface area contributed by atoms with Gasteiger partial charge in [0.2, 0.25) is 17.7 Å². The third kappa shape index (κ3) is 3.66. The molecule has 0 aliphatic heterocycles. The molecular weight excluding hydrogens is 484 g/mol. The summed E-state index contributed by atoms with van der Waals surface area (Å²) in [5.41, 5.74) is 5.99. The number of amides is 2. The summed E-state index contributed by atoms with van der Waals surface area (Å²) in [6.07, 6.45) is 13.5. The summed E-state index contributed by atoms with van der Waals surface area (Å²) >= 11 is 0. The first-order valence-corrected chi connectivity index (χ1v) is 14.2. The Morgan fingerprint density at radius 2 is 1.58 bits per heavy atom. The Balaban J connectivity index is 1.08. The minimum atomic E-state index is -1.01. The maximum absolute atomic E-state index is 12.5. The maximum Gasteiger partial charge on any atom is 0.414 e. The monoisotopic (exact) mass is 520 g/mol. The fourth-order valence-electron chi connectivity index (χ4n) is 8.05. The first-order valence-electron chi connectivity index (χ1n) is 14.2. The van der Waals surface area contributed by atoms with Crippen molar-refractivity contribution in [2.75, 3.05) is 11.4 Å². The molecule has 0 unspecified atom stereocenters. The minimum Gasteiger partial charge on any atom is -0.465 e. The molecule has 7 aliphatic rings. The molecule has 202 valence electrons. The molecule has 3 N–H and O–H groups in total. The average Bonchev–Trinajstić information content (AvgIpc) is 3.69. The minimum absolute atomic E-state index is 0.0619.